The van der Waals surface area contributed by atoms with E-state index in [2.05, 4.69) is 26.3 Å². The van der Waals surface area contributed by atoms with Gasteiger partial charge < -0.3 is 11.1 Å². The van der Waals surface area contributed by atoms with Gasteiger partial charge >= 0.3 is 0 Å². The minimum atomic E-state index is -3.62. The molecule has 1 aromatic carbocycles. The van der Waals surface area contributed by atoms with Gasteiger partial charge in [-0.05, 0) is 60.7 Å². The van der Waals surface area contributed by atoms with Gasteiger partial charge in [-0.15, -0.1) is 0 Å². The molecule has 0 radical (unpaired) electrons. The first-order valence-electron chi connectivity index (χ1n) is 11.3. The second-order valence-electron chi connectivity index (χ2n) is 8.50. The van der Waals surface area contributed by atoms with Gasteiger partial charge in [0.1, 0.15) is 5.82 Å². The molecule has 0 aliphatic carbocycles. The Labute approximate surface area is 219 Å². The second-order valence-corrected chi connectivity index (χ2v) is 11.8. The number of allylic oxidation sites excluding steroid dienone is 3. The number of halogens is 2. The number of aromatic nitrogens is 3. The molecule has 35 heavy (non-hydrogen) atoms. The lowest BCUT2D eigenvalue weighted by atomic mass is 10.00. The van der Waals surface area contributed by atoms with E-state index < -0.39 is 10.0 Å². The lowest BCUT2D eigenvalue weighted by Crippen LogP contribution is -2.42. The third-order valence-corrected chi connectivity index (χ3v) is 9.02. The molecule has 3 N–H and O–H groups in total. The van der Waals surface area contributed by atoms with Crippen LogP contribution < -0.4 is 11.1 Å². The maximum absolute atomic E-state index is 13.1. The molecule has 1 aliphatic rings. The number of nitrogens with one attached hydrogen (secondary N) is 1. The number of rotatable bonds is 7. The van der Waals surface area contributed by atoms with Gasteiger partial charge in [-0.25, -0.2) is 13.4 Å². The second kappa shape index (κ2) is 10.7. The largest absolute Gasteiger partial charge is 0.398 e. The van der Waals surface area contributed by atoms with Crippen LogP contribution in [-0.2, 0) is 10.0 Å². The molecule has 4 rings (SSSR count). The Bertz CT molecular complexity index is 1400. The minimum Gasteiger partial charge on any atom is -0.398 e. The summed E-state index contributed by atoms with van der Waals surface area (Å²) in [7, 11) is -3.62. The zero-order chi connectivity index (χ0) is 25.2. The summed E-state index contributed by atoms with van der Waals surface area (Å²) in [5, 5.41) is 8.52. The standard InChI is InChI=1S/C24H28BrClN6O2S/c1-3-7-21(27)16(2)35(33,34)31-11-6-8-17(15-31)13-28-23-12-22(18-9-4-5-10-20(18)26)30-24-19(25)14-29-32(23)24/h3-5,7,9-10,12,14,17,28H,6,8,11,13,15,27H2,1-2H3/b7-3-,21-16-. The highest BCUT2D eigenvalue weighted by Gasteiger charge is 2.31. The van der Waals surface area contributed by atoms with Crippen molar-refractivity contribution in [2.75, 3.05) is 25.0 Å². The Morgan fingerprint density at radius 3 is 2.89 bits per heavy atom. The Kier molecular flexibility index (Phi) is 7.85. The van der Waals surface area contributed by atoms with Gasteiger partial charge in [0.05, 0.1) is 21.3 Å². The predicted octanol–water partition coefficient (Wildman–Crippen LogP) is 5.03. The Hall–Kier alpha value is -2.40. The number of fused-ring (bicyclic) bond motifs is 1. The highest BCUT2D eigenvalue weighted by Crippen LogP contribution is 2.31. The topological polar surface area (TPSA) is 106 Å². The van der Waals surface area contributed by atoms with Gasteiger partial charge in [-0.1, -0.05) is 35.9 Å². The lowest BCUT2D eigenvalue weighted by molar-refractivity contribution is 0.277. The predicted molar refractivity (Wildman–Crippen MR) is 145 cm³/mol. The van der Waals surface area contributed by atoms with Crippen LogP contribution in [0.3, 0.4) is 0 Å². The number of anilines is 1. The highest BCUT2D eigenvalue weighted by atomic mass is 79.9. The molecule has 3 aromatic rings. The fraction of sp³-hybridized carbons (Fsp3) is 0.333. The first-order valence-corrected chi connectivity index (χ1v) is 14.0. The molecule has 0 bridgehead atoms. The van der Waals surface area contributed by atoms with Gasteiger partial charge in [-0.3, -0.25) is 0 Å². The third-order valence-electron chi connectivity index (χ3n) is 6.11. The molecule has 11 heteroatoms. The molecule has 1 fully saturated rings. The van der Waals surface area contributed by atoms with Gasteiger partial charge in [0.2, 0.25) is 10.0 Å². The summed E-state index contributed by atoms with van der Waals surface area (Å²) in [5.41, 5.74) is 8.44. The Balaban J connectivity index is 1.57. The van der Waals surface area contributed by atoms with E-state index in [1.54, 1.807) is 36.7 Å². The lowest BCUT2D eigenvalue weighted by Gasteiger charge is -2.32. The van der Waals surface area contributed by atoms with Gasteiger partial charge in [0.15, 0.2) is 5.65 Å². The molecule has 8 nitrogen and oxygen atoms in total. The summed E-state index contributed by atoms with van der Waals surface area (Å²) < 4.78 is 30.3. The van der Waals surface area contributed by atoms with Crippen LogP contribution in [0.1, 0.15) is 26.7 Å². The van der Waals surface area contributed by atoms with E-state index >= 15 is 0 Å². The molecule has 1 aliphatic heterocycles. The molecule has 0 amide bonds. The number of nitrogens with two attached hydrogens (primary N) is 1. The van der Waals surface area contributed by atoms with Gasteiger partial charge in [0, 0.05) is 42.0 Å². The van der Waals surface area contributed by atoms with E-state index in [0.29, 0.717) is 30.3 Å². The van der Waals surface area contributed by atoms with E-state index in [-0.39, 0.29) is 16.5 Å². The number of sulfonamides is 1. The Morgan fingerprint density at radius 2 is 2.14 bits per heavy atom. The molecule has 1 saturated heterocycles. The first kappa shape index (κ1) is 25.7. The van der Waals surface area contributed by atoms with E-state index in [1.807, 2.05) is 30.3 Å². The first-order chi connectivity index (χ1) is 16.7. The smallest absolute Gasteiger partial charge is 0.240 e. The van der Waals surface area contributed by atoms with Crippen LogP contribution in [0.15, 0.2) is 63.8 Å². The fourth-order valence-corrected chi connectivity index (χ4v) is 6.28. The summed E-state index contributed by atoms with van der Waals surface area (Å²) in [5.74, 6) is 0.879. The van der Waals surface area contributed by atoms with Crippen LogP contribution in [-0.4, -0.2) is 47.0 Å². The van der Waals surface area contributed by atoms with Crippen molar-refractivity contribution in [1.82, 2.24) is 18.9 Å². The van der Waals surface area contributed by atoms with Crippen molar-refractivity contribution >= 4 is 49.0 Å². The van der Waals surface area contributed by atoms with Crippen molar-refractivity contribution in [3.8, 4) is 11.3 Å². The SMILES string of the molecule is C/C=C\C(N)=C(/C)S(=O)(=O)N1CCCC(CNc2cc(-c3ccccc3Cl)nc3c(Br)cnn23)C1. The summed E-state index contributed by atoms with van der Waals surface area (Å²) >= 11 is 9.95. The zero-order valence-electron chi connectivity index (χ0n) is 19.6. The van der Waals surface area contributed by atoms with Crippen molar-refractivity contribution in [2.45, 2.75) is 26.7 Å². The van der Waals surface area contributed by atoms with Crippen molar-refractivity contribution in [3.05, 3.63) is 68.8 Å². The van der Waals surface area contributed by atoms with Crippen LogP contribution in [0.25, 0.3) is 16.9 Å². The molecule has 186 valence electrons. The normalized spacial score (nSPS) is 18.2. The van der Waals surface area contributed by atoms with Crippen LogP contribution in [0, 0.1) is 5.92 Å². The average molecular weight is 580 g/mol. The van der Waals surface area contributed by atoms with Crippen molar-refractivity contribution in [3.63, 3.8) is 0 Å². The number of hydrogen-bond acceptors (Lipinski definition) is 6. The monoisotopic (exact) mass is 578 g/mol. The number of nitrogens with zero attached hydrogens (tertiary/aromatic N) is 4. The summed E-state index contributed by atoms with van der Waals surface area (Å²) in [6.45, 7) is 4.86. The molecular formula is C24H28BrClN6O2S. The highest BCUT2D eigenvalue weighted by molar-refractivity contribution is 9.10. The van der Waals surface area contributed by atoms with E-state index in [9.17, 15) is 8.42 Å². The average Bonchev–Trinajstić information content (AvgIpc) is 3.23. The van der Waals surface area contributed by atoms with E-state index in [1.165, 1.54) is 4.31 Å². The van der Waals surface area contributed by atoms with Gasteiger partial charge in [-0.2, -0.15) is 13.9 Å². The van der Waals surface area contributed by atoms with E-state index in [4.69, 9.17) is 22.3 Å². The molecular weight excluding hydrogens is 552 g/mol. The van der Waals surface area contributed by atoms with Crippen molar-refractivity contribution < 1.29 is 8.42 Å². The molecule has 3 heterocycles. The maximum atomic E-state index is 13.1. The third kappa shape index (κ3) is 5.40. The van der Waals surface area contributed by atoms with Crippen LogP contribution in [0.5, 0.6) is 0 Å². The molecule has 1 unspecified atom stereocenters. The minimum absolute atomic E-state index is 0.125. The summed E-state index contributed by atoms with van der Waals surface area (Å²) in [6, 6.07) is 9.47. The van der Waals surface area contributed by atoms with Crippen LogP contribution in [0.4, 0.5) is 5.82 Å². The quantitative estimate of drug-likeness (QED) is 0.380. The maximum Gasteiger partial charge on any atom is 0.240 e. The number of benzene rings is 1. The molecule has 0 saturated carbocycles. The van der Waals surface area contributed by atoms with Gasteiger partial charge in [0.25, 0.3) is 0 Å². The zero-order valence-corrected chi connectivity index (χ0v) is 22.7. The molecule has 0 spiro atoms. The number of piperidine rings is 1. The summed E-state index contributed by atoms with van der Waals surface area (Å²) in [4.78, 5) is 4.92. The number of hydrogen-bond donors (Lipinski definition) is 2. The molecule has 1 atom stereocenters. The summed E-state index contributed by atoms with van der Waals surface area (Å²) in [6.07, 6.45) is 6.75. The van der Waals surface area contributed by atoms with E-state index in [0.717, 1.165) is 34.4 Å². The van der Waals surface area contributed by atoms with Crippen molar-refractivity contribution in [1.29, 1.82) is 0 Å². The fourth-order valence-electron chi connectivity index (χ4n) is 4.17. The van der Waals surface area contributed by atoms with Crippen molar-refractivity contribution in [2.24, 2.45) is 11.7 Å². The molecule has 2 aromatic heterocycles. The Morgan fingerprint density at radius 1 is 1.37 bits per heavy atom. The van der Waals surface area contributed by atoms with Crippen LogP contribution >= 0.6 is 27.5 Å². The van der Waals surface area contributed by atoms with Crippen LogP contribution in [0.2, 0.25) is 5.02 Å².